The van der Waals surface area contributed by atoms with E-state index in [1.54, 1.807) is 42.5 Å². The summed E-state index contributed by atoms with van der Waals surface area (Å²) in [5.74, 6) is -0.168. The van der Waals surface area contributed by atoms with Gasteiger partial charge in [-0.1, -0.05) is 34.8 Å². The highest BCUT2D eigenvalue weighted by Crippen LogP contribution is 2.35. The molecule has 5 heteroatoms. The number of nitrogens with one attached hydrogen (secondary N) is 1. The first kappa shape index (κ1) is 13.5. The standard InChI is InChI=1S/C15H8Cl3NO/c16-9-1-2-14-12(7-9)13(15(20)19-14)5-8-3-10(17)6-11(18)4-8/h1-7H,(H,19,20)/b13-5-. The molecule has 0 spiro atoms. The van der Waals surface area contributed by atoms with Crippen molar-refractivity contribution in [3.63, 3.8) is 0 Å². The summed E-state index contributed by atoms with van der Waals surface area (Å²) < 4.78 is 0. The minimum atomic E-state index is -0.168. The summed E-state index contributed by atoms with van der Waals surface area (Å²) in [5.41, 5.74) is 2.83. The largest absolute Gasteiger partial charge is 0.321 e. The van der Waals surface area contributed by atoms with Gasteiger partial charge in [0.25, 0.3) is 5.91 Å². The van der Waals surface area contributed by atoms with E-state index in [4.69, 9.17) is 34.8 Å². The van der Waals surface area contributed by atoms with Crippen LogP contribution in [0, 0.1) is 0 Å². The van der Waals surface area contributed by atoms with E-state index in [2.05, 4.69) is 5.32 Å². The normalized spacial score (nSPS) is 15.3. The molecule has 0 aromatic heterocycles. The molecular weight excluding hydrogens is 317 g/mol. The molecule has 0 fully saturated rings. The molecule has 2 nitrogen and oxygen atoms in total. The van der Waals surface area contributed by atoms with Gasteiger partial charge in [0.2, 0.25) is 0 Å². The van der Waals surface area contributed by atoms with Crippen LogP contribution < -0.4 is 5.32 Å². The maximum absolute atomic E-state index is 12.0. The molecule has 3 rings (SSSR count). The number of hydrogen-bond donors (Lipinski definition) is 1. The molecule has 1 aliphatic rings. The van der Waals surface area contributed by atoms with Crippen molar-refractivity contribution in [1.82, 2.24) is 0 Å². The molecule has 0 bridgehead atoms. The fraction of sp³-hybridized carbons (Fsp3) is 0. The van der Waals surface area contributed by atoms with Crippen molar-refractivity contribution in [1.29, 1.82) is 0 Å². The van der Waals surface area contributed by atoms with Crippen LogP contribution >= 0.6 is 34.8 Å². The Labute approximate surface area is 131 Å². The Morgan fingerprint density at radius 2 is 1.60 bits per heavy atom. The summed E-state index contributed by atoms with van der Waals surface area (Å²) in [7, 11) is 0. The molecule has 20 heavy (non-hydrogen) atoms. The summed E-state index contributed by atoms with van der Waals surface area (Å²) >= 11 is 17.9. The van der Waals surface area contributed by atoms with Crippen LogP contribution in [0.15, 0.2) is 36.4 Å². The zero-order valence-corrected chi connectivity index (χ0v) is 12.4. The average Bonchev–Trinajstić information content (AvgIpc) is 2.65. The smallest absolute Gasteiger partial charge is 0.256 e. The molecule has 2 aromatic carbocycles. The number of carbonyl (C=O) groups excluding carboxylic acids is 1. The summed E-state index contributed by atoms with van der Waals surface area (Å²) in [6, 6.07) is 10.4. The van der Waals surface area contributed by atoms with Gasteiger partial charge in [0, 0.05) is 31.9 Å². The van der Waals surface area contributed by atoms with Crippen LogP contribution in [0.5, 0.6) is 0 Å². The Bertz CT molecular complexity index is 733. The van der Waals surface area contributed by atoms with Gasteiger partial charge in [-0.25, -0.2) is 0 Å². The van der Waals surface area contributed by atoms with E-state index in [9.17, 15) is 4.79 Å². The van der Waals surface area contributed by atoms with Crippen molar-refractivity contribution in [2.45, 2.75) is 0 Å². The summed E-state index contributed by atoms with van der Waals surface area (Å²) in [6.45, 7) is 0. The van der Waals surface area contributed by atoms with Gasteiger partial charge in [0.1, 0.15) is 0 Å². The van der Waals surface area contributed by atoms with E-state index in [0.717, 1.165) is 16.8 Å². The lowest BCUT2D eigenvalue weighted by atomic mass is 10.0. The van der Waals surface area contributed by atoms with Gasteiger partial charge in [-0.3, -0.25) is 4.79 Å². The molecule has 0 saturated carbocycles. The van der Waals surface area contributed by atoms with Crippen molar-refractivity contribution >= 4 is 58.0 Å². The third-order valence-electron chi connectivity index (χ3n) is 2.96. The second-order valence-electron chi connectivity index (χ2n) is 4.40. The molecule has 1 heterocycles. The second-order valence-corrected chi connectivity index (χ2v) is 5.71. The van der Waals surface area contributed by atoms with Crippen LogP contribution in [0.2, 0.25) is 15.1 Å². The zero-order valence-electron chi connectivity index (χ0n) is 10.1. The van der Waals surface area contributed by atoms with Crippen LogP contribution in [0.25, 0.3) is 11.6 Å². The summed E-state index contributed by atoms with van der Waals surface area (Å²) in [5, 5.41) is 4.42. The van der Waals surface area contributed by atoms with E-state index >= 15 is 0 Å². The Morgan fingerprint density at radius 1 is 0.900 bits per heavy atom. The van der Waals surface area contributed by atoms with Crippen molar-refractivity contribution in [3.05, 3.63) is 62.6 Å². The Morgan fingerprint density at radius 3 is 2.30 bits per heavy atom. The van der Waals surface area contributed by atoms with E-state index in [-0.39, 0.29) is 5.91 Å². The second kappa shape index (κ2) is 5.13. The lowest BCUT2D eigenvalue weighted by Gasteiger charge is -2.01. The highest BCUT2D eigenvalue weighted by molar-refractivity contribution is 6.37. The van der Waals surface area contributed by atoms with Gasteiger partial charge in [-0.15, -0.1) is 0 Å². The van der Waals surface area contributed by atoms with Crippen molar-refractivity contribution in [3.8, 4) is 0 Å². The number of carbonyl (C=O) groups is 1. The van der Waals surface area contributed by atoms with Gasteiger partial charge in [0.15, 0.2) is 0 Å². The van der Waals surface area contributed by atoms with Crippen LogP contribution in [0.4, 0.5) is 5.69 Å². The first-order valence-electron chi connectivity index (χ1n) is 5.82. The summed E-state index contributed by atoms with van der Waals surface area (Å²) in [4.78, 5) is 12.0. The predicted octanol–water partition coefficient (Wildman–Crippen LogP) is 5.14. The number of anilines is 1. The van der Waals surface area contributed by atoms with Gasteiger partial charge in [-0.05, 0) is 48.0 Å². The molecule has 0 atom stereocenters. The molecule has 0 saturated heterocycles. The van der Waals surface area contributed by atoms with Crippen LogP contribution in [-0.4, -0.2) is 5.91 Å². The number of benzene rings is 2. The lowest BCUT2D eigenvalue weighted by Crippen LogP contribution is -2.03. The summed E-state index contributed by atoms with van der Waals surface area (Å²) in [6.07, 6.45) is 1.75. The minimum Gasteiger partial charge on any atom is -0.321 e. The topological polar surface area (TPSA) is 29.1 Å². The molecule has 1 N–H and O–H groups in total. The van der Waals surface area contributed by atoms with Crippen LogP contribution in [-0.2, 0) is 4.79 Å². The molecule has 0 radical (unpaired) electrons. The molecule has 0 aliphatic carbocycles. The molecular formula is C15H8Cl3NO. The highest BCUT2D eigenvalue weighted by atomic mass is 35.5. The number of fused-ring (bicyclic) bond motifs is 1. The monoisotopic (exact) mass is 323 g/mol. The third-order valence-corrected chi connectivity index (χ3v) is 3.63. The highest BCUT2D eigenvalue weighted by Gasteiger charge is 2.24. The minimum absolute atomic E-state index is 0.168. The van der Waals surface area contributed by atoms with E-state index in [0.29, 0.717) is 20.6 Å². The quantitative estimate of drug-likeness (QED) is 0.723. The average molecular weight is 325 g/mol. The Hall–Kier alpha value is -1.48. The fourth-order valence-corrected chi connectivity index (χ4v) is 2.84. The molecule has 2 aromatic rings. The number of rotatable bonds is 1. The lowest BCUT2D eigenvalue weighted by molar-refractivity contribution is -0.110. The van der Waals surface area contributed by atoms with Crippen LogP contribution in [0.3, 0.4) is 0 Å². The number of halogens is 3. The van der Waals surface area contributed by atoms with Gasteiger partial charge in [-0.2, -0.15) is 0 Å². The maximum atomic E-state index is 12.0. The predicted molar refractivity (Wildman–Crippen MR) is 84.4 cm³/mol. The molecule has 1 aliphatic heterocycles. The zero-order chi connectivity index (χ0) is 14.3. The first-order valence-corrected chi connectivity index (χ1v) is 6.95. The van der Waals surface area contributed by atoms with E-state index in [1.807, 2.05) is 0 Å². The van der Waals surface area contributed by atoms with E-state index in [1.165, 1.54) is 0 Å². The SMILES string of the molecule is O=C1Nc2ccc(Cl)cc2/C1=C/c1cc(Cl)cc(Cl)c1. The maximum Gasteiger partial charge on any atom is 0.256 e. The molecule has 100 valence electrons. The fourth-order valence-electron chi connectivity index (χ4n) is 2.13. The number of hydrogen-bond acceptors (Lipinski definition) is 1. The Kier molecular flexibility index (Phi) is 3.47. The third kappa shape index (κ3) is 2.55. The molecule has 1 amide bonds. The van der Waals surface area contributed by atoms with Crippen LogP contribution in [0.1, 0.15) is 11.1 Å². The van der Waals surface area contributed by atoms with Crippen molar-refractivity contribution < 1.29 is 4.79 Å². The van der Waals surface area contributed by atoms with Crippen molar-refractivity contribution in [2.24, 2.45) is 0 Å². The molecule has 0 unspecified atom stereocenters. The van der Waals surface area contributed by atoms with Crippen molar-refractivity contribution in [2.75, 3.05) is 5.32 Å². The van der Waals surface area contributed by atoms with Gasteiger partial charge in [0.05, 0.1) is 0 Å². The number of amides is 1. The first-order chi connectivity index (χ1) is 9.52. The van der Waals surface area contributed by atoms with E-state index < -0.39 is 0 Å². The van der Waals surface area contributed by atoms with Gasteiger partial charge < -0.3 is 5.32 Å². The Balaban J connectivity index is 2.12. The van der Waals surface area contributed by atoms with Gasteiger partial charge >= 0.3 is 0 Å².